The van der Waals surface area contributed by atoms with Crippen LogP contribution in [0, 0.1) is 0 Å². The Morgan fingerprint density at radius 2 is 2.15 bits per heavy atom. The molecule has 0 atom stereocenters. The predicted octanol–water partition coefficient (Wildman–Crippen LogP) is 2.83. The van der Waals surface area contributed by atoms with Gasteiger partial charge in [-0.05, 0) is 17.7 Å². The average molecular weight is 249 g/mol. The van der Waals surface area contributed by atoms with Crippen LogP contribution in [0.15, 0.2) is 28.7 Å². The molecule has 1 nitrogen and oxygen atoms in total. The van der Waals surface area contributed by atoms with Crippen molar-refractivity contribution in [1.29, 1.82) is 0 Å². The van der Waals surface area contributed by atoms with Gasteiger partial charge in [-0.15, -0.1) is 0 Å². The van der Waals surface area contributed by atoms with Gasteiger partial charge in [0.15, 0.2) is 0 Å². The van der Waals surface area contributed by atoms with E-state index in [0.717, 1.165) is 4.47 Å². The van der Waals surface area contributed by atoms with Crippen molar-refractivity contribution in [1.82, 2.24) is 0 Å². The number of ketones is 1. The molecule has 1 aromatic carbocycles. The number of carbonyl (C=O) groups is 1. The minimum atomic E-state index is -2.88. The number of rotatable bonds is 3. The van der Waals surface area contributed by atoms with E-state index in [4.69, 9.17) is 0 Å². The van der Waals surface area contributed by atoms with Crippen molar-refractivity contribution in [3.63, 3.8) is 0 Å². The molecular formula is C9H7BrF2O. The maximum atomic E-state index is 11.9. The molecule has 0 aliphatic rings. The lowest BCUT2D eigenvalue weighted by atomic mass is 10.1. The summed E-state index contributed by atoms with van der Waals surface area (Å²) in [6, 6.07) is 6.78. The molecule has 0 unspecified atom stereocenters. The van der Waals surface area contributed by atoms with E-state index in [9.17, 15) is 13.6 Å². The summed E-state index contributed by atoms with van der Waals surface area (Å²) >= 11 is 3.19. The fourth-order valence-corrected chi connectivity index (χ4v) is 1.37. The summed E-state index contributed by atoms with van der Waals surface area (Å²) in [6.07, 6.45) is -3.09. The zero-order valence-corrected chi connectivity index (χ0v) is 8.22. The predicted molar refractivity (Wildman–Crippen MR) is 48.9 cm³/mol. The molecule has 0 N–H and O–H groups in total. The fraction of sp³-hybridized carbons (Fsp3) is 0.222. The van der Waals surface area contributed by atoms with Crippen LogP contribution in [-0.4, -0.2) is 12.2 Å². The van der Waals surface area contributed by atoms with E-state index < -0.39 is 12.2 Å². The molecule has 0 bridgehead atoms. The monoisotopic (exact) mass is 248 g/mol. The Morgan fingerprint density at radius 3 is 2.69 bits per heavy atom. The first-order valence-electron chi connectivity index (χ1n) is 3.65. The van der Waals surface area contributed by atoms with Crippen molar-refractivity contribution >= 4 is 21.7 Å². The van der Waals surface area contributed by atoms with Crippen LogP contribution in [-0.2, 0) is 11.2 Å². The van der Waals surface area contributed by atoms with Gasteiger partial charge in [0, 0.05) is 10.9 Å². The van der Waals surface area contributed by atoms with E-state index in [1.165, 1.54) is 0 Å². The van der Waals surface area contributed by atoms with Gasteiger partial charge in [-0.25, -0.2) is 8.78 Å². The van der Waals surface area contributed by atoms with E-state index in [-0.39, 0.29) is 6.42 Å². The van der Waals surface area contributed by atoms with Crippen LogP contribution in [0.4, 0.5) is 8.78 Å². The topological polar surface area (TPSA) is 17.1 Å². The molecule has 0 aliphatic heterocycles. The Bertz CT molecular complexity index is 312. The highest BCUT2D eigenvalue weighted by Gasteiger charge is 2.15. The standard InChI is InChI=1S/C9H7BrF2O/c10-7-3-1-2-6(4-7)5-8(13)9(11)12/h1-4,9H,5H2. The van der Waals surface area contributed by atoms with Crippen molar-refractivity contribution in [2.24, 2.45) is 0 Å². The molecular weight excluding hydrogens is 242 g/mol. The van der Waals surface area contributed by atoms with Crippen LogP contribution < -0.4 is 0 Å². The van der Waals surface area contributed by atoms with Gasteiger partial charge >= 0.3 is 0 Å². The summed E-state index contributed by atoms with van der Waals surface area (Å²) in [5.41, 5.74) is 0.597. The highest BCUT2D eigenvalue weighted by Crippen LogP contribution is 2.13. The number of Topliss-reactive ketones (excluding diaryl/α,β-unsaturated/α-hetero) is 1. The molecule has 0 fully saturated rings. The highest BCUT2D eigenvalue weighted by atomic mass is 79.9. The van der Waals surface area contributed by atoms with Crippen molar-refractivity contribution < 1.29 is 13.6 Å². The normalized spacial score (nSPS) is 10.5. The molecule has 0 saturated heterocycles. The number of halogens is 3. The van der Waals surface area contributed by atoms with Gasteiger partial charge < -0.3 is 0 Å². The molecule has 0 aromatic heterocycles. The Kier molecular flexibility index (Phi) is 3.54. The SMILES string of the molecule is O=C(Cc1cccc(Br)c1)C(F)F. The Labute approximate surface area is 82.9 Å². The van der Waals surface area contributed by atoms with Crippen LogP contribution in [0.25, 0.3) is 0 Å². The summed E-state index contributed by atoms with van der Waals surface area (Å²) in [7, 11) is 0. The fourth-order valence-electron chi connectivity index (χ4n) is 0.925. The van der Waals surface area contributed by atoms with Crippen molar-refractivity contribution in [2.45, 2.75) is 12.8 Å². The molecule has 0 spiro atoms. The first-order chi connectivity index (χ1) is 6.09. The van der Waals surface area contributed by atoms with E-state index in [0.29, 0.717) is 5.56 Å². The Morgan fingerprint density at radius 1 is 1.46 bits per heavy atom. The van der Waals surface area contributed by atoms with Gasteiger partial charge in [0.1, 0.15) is 0 Å². The maximum Gasteiger partial charge on any atom is 0.296 e. The second kappa shape index (κ2) is 4.46. The quantitative estimate of drug-likeness (QED) is 0.804. The Hall–Kier alpha value is -0.770. The van der Waals surface area contributed by atoms with Gasteiger partial charge in [0.05, 0.1) is 0 Å². The molecule has 0 heterocycles. The van der Waals surface area contributed by atoms with Crippen molar-refractivity contribution in [3.05, 3.63) is 34.3 Å². The van der Waals surface area contributed by atoms with Crippen LogP contribution in [0.3, 0.4) is 0 Å². The second-order valence-electron chi connectivity index (χ2n) is 2.57. The van der Waals surface area contributed by atoms with Crippen LogP contribution in [0.1, 0.15) is 5.56 Å². The van der Waals surface area contributed by atoms with Gasteiger partial charge in [0.25, 0.3) is 6.43 Å². The van der Waals surface area contributed by atoms with E-state index >= 15 is 0 Å². The largest absolute Gasteiger partial charge is 0.296 e. The van der Waals surface area contributed by atoms with Gasteiger partial charge in [-0.2, -0.15) is 0 Å². The second-order valence-corrected chi connectivity index (χ2v) is 3.49. The molecule has 0 aliphatic carbocycles. The van der Waals surface area contributed by atoms with Crippen LogP contribution in [0.5, 0.6) is 0 Å². The van der Waals surface area contributed by atoms with Gasteiger partial charge in [-0.1, -0.05) is 28.1 Å². The van der Waals surface area contributed by atoms with Gasteiger partial charge in [-0.3, -0.25) is 4.79 Å². The number of hydrogen-bond donors (Lipinski definition) is 0. The van der Waals surface area contributed by atoms with E-state index in [1.807, 2.05) is 0 Å². The lowest BCUT2D eigenvalue weighted by Crippen LogP contribution is -2.12. The summed E-state index contributed by atoms with van der Waals surface area (Å²) < 4.78 is 24.5. The summed E-state index contributed by atoms with van der Waals surface area (Å²) in [6.45, 7) is 0. The van der Waals surface area contributed by atoms with Crippen molar-refractivity contribution in [2.75, 3.05) is 0 Å². The molecule has 0 saturated carbocycles. The Balaban J connectivity index is 2.69. The highest BCUT2D eigenvalue weighted by molar-refractivity contribution is 9.10. The lowest BCUT2D eigenvalue weighted by molar-refractivity contribution is -0.128. The third kappa shape index (κ3) is 3.22. The number of carbonyl (C=O) groups excluding carboxylic acids is 1. The zero-order chi connectivity index (χ0) is 9.84. The third-order valence-electron chi connectivity index (χ3n) is 1.51. The third-order valence-corrected chi connectivity index (χ3v) is 2.00. The summed E-state index contributed by atoms with van der Waals surface area (Å²) in [4.78, 5) is 10.7. The first-order valence-corrected chi connectivity index (χ1v) is 4.44. The minimum absolute atomic E-state index is 0.211. The van der Waals surface area contributed by atoms with Gasteiger partial charge in [0.2, 0.25) is 5.78 Å². The molecule has 70 valence electrons. The zero-order valence-electron chi connectivity index (χ0n) is 6.64. The molecule has 13 heavy (non-hydrogen) atoms. The average Bonchev–Trinajstić information content (AvgIpc) is 2.04. The molecule has 0 radical (unpaired) electrons. The lowest BCUT2D eigenvalue weighted by Gasteiger charge is -2.00. The summed E-state index contributed by atoms with van der Waals surface area (Å²) in [5, 5.41) is 0. The van der Waals surface area contributed by atoms with Crippen LogP contribution >= 0.6 is 15.9 Å². The minimum Gasteiger partial charge on any atom is -0.293 e. The van der Waals surface area contributed by atoms with Crippen LogP contribution in [0.2, 0.25) is 0 Å². The molecule has 1 rings (SSSR count). The van der Waals surface area contributed by atoms with E-state index in [2.05, 4.69) is 15.9 Å². The first kappa shape index (κ1) is 10.3. The maximum absolute atomic E-state index is 11.9. The number of hydrogen-bond acceptors (Lipinski definition) is 1. The summed E-state index contributed by atoms with van der Waals surface area (Å²) in [5.74, 6) is -1.04. The molecule has 1 aromatic rings. The smallest absolute Gasteiger partial charge is 0.293 e. The van der Waals surface area contributed by atoms with E-state index in [1.54, 1.807) is 24.3 Å². The van der Waals surface area contributed by atoms with Crippen molar-refractivity contribution in [3.8, 4) is 0 Å². The molecule has 4 heteroatoms. The number of alkyl halides is 2. The molecule has 0 amide bonds. The number of benzene rings is 1.